The number of benzene rings is 2. The minimum absolute atomic E-state index is 0.0207. The molecule has 1 saturated heterocycles. The molecule has 4 N–H and O–H groups in total. The molecule has 1 spiro atoms. The van der Waals surface area contributed by atoms with Gasteiger partial charge in [0, 0.05) is 17.7 Å². The fraction of sp³-hybridized carbons (Fsp3) is 0.385. The van der Waals surface area contributed by atoms with E-state index in [0.717, 1.165) is 73.8 Å². The smallest absolute Gasteiger partial charge is 0.235 e. The van der Waals surface area contributed by atoms with Gasteiger partial charge in [-0.25, -0.2) is 13.8 Å². The zero-order valence-electron chi connectivity index (χ0n) is 19.2. The summed E-state index contributed by atoms with van der Waals surface area (Å²) in [5.41, 5.74) is 9.00. The highest BCUT2D eigenvalue weighted by Crippen LogP contribution is 2.53. The molecule has 34 heavy (non-hydrogen) atoms. The number of nitrogens with zero attached hydrogens (tertiary/aromatic N) is 2. The van der Waals surface area contributed by atoms with Crippen LogP contribution in [0.25, 0.3) is 0 Å². The minimum atomic E-state index is -0.749. The molecule has 6 nitrogen and oxygen atoms in total. The van der Waals surface area contributed by atoms with E-state index >= 15 is 0 Å². The number of piperidine rings is 1. The molecule has 2 aromatic rings. The number of amides is 1. The number of hydrogen-bond acceptors (Lipinski definition) is 5. The quantitative estimate of drug-likeness (QED) is 0.571. The van der Waals surface area contributed by atoms with E-state index in [-0.39, 0.29) is 17.6 Å². The zero-order chi connectivity index (χ0) is 23.9. The highest BCUT2D eigenvalue weighted by Gasteiger charge is 2.52. The molecule has 0 unspecified atom stereocenters. The first kappa shape index (κ1) is 22.5. The number of allylic oxidation sites excluding steroid dienone is 1. The Morgan fingerprint density at radius 2 is 2.00 bits per heavy atom. The highest BCUT2D eigenvalue weighted by atomic mass is 19.1. The first-order valence-electron chi connectivity index (χ1n) is 11.8. The van der Waals surface area contributed by atoms with Crippen LogP contribution in [0.3, 0.4) is 0 Å². The van der Waals surface area contributed by atoms with E-state index in [9.17, 15) is 13.6 Å². The van der Waals surface area contributed by atoms with Crippen LogP contribution >= 0.6 is 0 Å². The monoisotopic (exact) mass is 465 g/mol. The van der Waals surface area contributed by atoms with Crippen molar-refractivity contribution in [2.24, 2.45) is 10.7 Å². The van der Waals surface area contributed by atoms with E-state index in [0.29, 0.717) is 5.71 Å². The molecule has 5 rings (SSSR count). The summed E-state index contributed by atoms with van der Waals surface area (Å²) in [6.07, 6.45) is 7.54. The van der Waals surface area contributed by atoms with Crippen molar-refractivity contribution in [3.8, 4) is 0 Å². The molecule has 0 bridgehead atoms. The van der Waals surface area contributed by atoms with E-state index in [1.165, 1.54) is 18.3 Å². The summed E-state index contributed by atoms with van der Waals surface area (Å²) in [5, 5.41) is 6.78. The van der Waals surface area contributed by atoms with Crippen molar-refractivity contribution >= 4 is 28.7 Å². The number of anilines is 2. The molecule has 1 aliphatic carbocycles. The first-order chi connectivity index (χ1) is 16.4. The van der Waals surface area contributed by atoms with Crippen molar-refractivity contribution in [3.63, 3.8) is 0 Å². The average molecular weight is 466 g/mol. The second kappa shape index (κ2) is 8.83. The van der Waals surface area contributed by atoms with Gasteiger partial charge < -0.3 is 21.3 Å². The van der Waals surface area contributed by atoms with Crippen molar-refractivity contribution in [2.75, 3.05) is 30.8 Å². The second-order valence-electron chi connectivity index (χ2n) is 9.51. The number of hydrogen-bond donors (Lipinski definition) is 3. The van der Waals surface area contributed by atoms with Crippen molar-refractivity contribution in [3.05, 3.63) is 65.4 Å². The predicted molar refractivity (Wildman–Crippen MR) is 131 cm³/mol. The summed E-state index contributed by atoms with van der Waals surface area (Å²) in [7, 11) is 2.12. The van der Waals surface area contributed by atoms with Gasteiger partial charge in [0.05, 0.1) is 28.2 Å². The van der Waals surface area contributed by atoms with E-state index in [2.05, 4.69) is 27.6 Å². The van der Waals surface area contributed by atoms with Crippen molar-refractivity contribution in [2.45, 2.75) is 43.6 Å². The van der Waals surface area contributed by atoms with Gasteiger partial charge in [-0.3, -0.25) is 4.79 Å². The van der Waals surface area contributed by atoms with E-state index < -0.39 is 17.0 Å². The van der Waals surface area contributed by atoms with Crippen molar-refractivity contribution in [1.82, 2.24) is 4.90 Å². The van der Waals surface area contributed by atoms with E-state index in [1.54, 1.807) is 6.08 Å². The lowest BCUT2D eigenvalue weighted by Gasteiger charge is -2.36. The number of halogens is 2. The van der Waals surface area contributed by atoms with Crippen LogP contribution in [-0.4, -0.2) is 42.7 Å². The number of aliphatic imine (C=N–C) groups is 1. The van der Waals surface area contributed by atoms with Gasteiger partial charge in [0.1, 0.15) is 5.82 Å². The number of carbonyl (C=O) groups excluding carboxylic acids is 1. The Balaban J connectivity index is 1.60. The Kier molecular flexibility index (Phi) is 5.85. The molecule has 0 aromatic heterocycles. The minimum Gasteiger partial charge on any atom is -0.405 e. The molecule has 8 heteroatoms. The summed E-state index contributed by atoms with van der Waals surface area (Å²) in [6.45, 7) is 2.00. The van der Waals surface area contributed by atoms with Gasteiger partial charge in [0.2, 0.25) is 5.91 Å². The Labute approximate surface area is 197 Å². The summed E-state index contributed by atoms with van der Waals surface area (Å²) in [5.74, 6) is -1.37. The third-order valence-electron chi connectivity index (χ3n) is 7.31. The molecular weight excluding hydrogens is 436 g/mol. The van der Waals surface area contributed by atoms with Crippen molar-refractivity contribution < 1.29 is 13.6 Å². The molecule has 2 aliphatic heterocycles. The van der Waals surface area contributed by atoms with Crippen LogP contribution in [0.2, 0.25) is 0 Å². The average Bonchev–Trinajstić information content (AvgIpc) is 3.09. The third-order valence-corrected chi connectivity index (χ3v) is 7.31. The predicted octanol–water partition coefficient (Wildman–Crippen LogP) is 4.44. The maximum Gasteiger partial charge on any atom is 0.235 e. The Morgan fingerprint density at radius 1 is 1.24 bits per heavy atom. The summed E-state index contributed by atoms with van der Waals surface area (Å²) in [6, 6.07) is 7.48. The van der Waals surface area contributed by atoms with Gasteiger partial charge in [0.15, 0.2) is 5.82 Å². The fourth-order valence-electron chi connectivity index (χ4n) is 5.16. The fourth-order valence-corrected chi connectivity index (χ4v) is 5.16. The van der Waals surface area contributed by atoms with Gasteiger partial charge in [-0.05, 0) is 87.9 Å². The molecule has 3 aliphatic rings. The molecular formula is C26H29F2N5O. The number of carbonyl (C=O) groups is 1. The SMILES string of the molecule is CN1CCC(Nc2cc(C(C=CN)=Nc3ccc(F)cc3F)cc3c2NC(=O)C32CCC2)CC1. The van der Waals surface area contributed by atoms with E-state index in [4.69, 9.17) is 5.73 Å². The second-order valence-corrected chi connectivity index (χ2v) is 9.51. The lowest BCUT2D eigenvalue weighted by atomic mass is 9.65. The summed E-state index contributed by atoms with van der Waals surface area (Å²) < 4.78 is 27.8. The first-order valence-corrected chi connectivity index (χ1v) is 11.8. The number of likely N-dealkylation sites (tertiary alicyclic amines) is 1. The largest absolute Gasteiger partial charge is 0.405 e. The third kappa shape index (κ3) is 3.96. The topological polar surface area (TPSA) is 82.8 Å². The lowest BCUT2D eigenvalue weighted by Crippen LogP contribution is -2.40. The number of fused-ring (bicyclic) bond motifs is 2. The maximum atomic E-state index is 14.4. The van der Waals surface area contributed by atoms with Gasteiger partial charge in [-0.1, -0.05) is 6.42 Å². The van der Waals surface area contributed by atoms with Crippen LogP contribution in [-0.2, 0) is 10.2 Å². The van der Waals surface area contributed by atoms with Gasteiger partial charge in [-0.2, -0.15) is 0 Å². The number of nitrogens with two attached hydrogens (primary N) is 1. The normalized spacial score (nSPS) is 20.4. The molecule has 178 valence electrons. The van der Waals surface area contributed by atoms with Gasteiger partial charge >= 0.3 is 0 Å². The Hall–Kier alpha value is -3.26. The van der Waals surface area contributed by atoms with Crippen LogP contribution in [0.4, 0.5) is 25.8 Å². The summed E-state index contributed by atoms with van der Waals surface area (Å²) in [4.78, 5) is 19.8. The van der Waals surface area contributed by atoms with Gasteiger partial charge in [-0.15, -0.1) is 0 Å². The van der Waals surface area contributed by atoms with Crippen LogP contribution in [0.1, 0.15) is 43.2 Å². The molecule has 1 amide bonds. The molecule has 0 radical (unpaired) electrons. The summed E-state index contributed by atoms with van der Waals surface area (Å²) >= 11 is 0. The molecule has 0 atom stereocenters. The van der Waals surface area contributed by atoms with Crippen LogP contribution in [0, 0.1) is 11.6 Å². The highest BCUT2D eigenvalue weighted by molar-refractivity contribution is 6.15. The standard InChI is InChI=1S/C26H29F2N5O/c1-33-11-6-18(7-12-33)30-23-14-16(13-19-24(23)32-25(34)26(19)8-2-9-26)21(5-10-29)31-22-4-3-17(27)15-20(22)28/h3-5,10,13-15,18,30H,2,6-9,11-12,29H2,1H3,(H,32,34). The lowest BCUT2D eigenvalue weighted by molar-refractivity contribution is -0.123. The van der Waals surface area contributed by atoms with Crippen molar-refractivity contribution in [1.29, 1.82) is 0 Å². The zero-order valence-corrected chi connectivity index (χ0v) is 19.2. The van der Waals surface area contributed by atoms with Crippen LogP contribution in [0.5, 0.6) is 0 Å². The molecule has 2 fully saturated rings. The molecule has 2 aromatic carbocycles. The van der Waals surface area contributed by atoms with Crippen LogP contribution in [0.15, 0.2) is 47.6 Å². The number of rotatable bonds is 5. The van der Waals surface area contributed by atoms with E-state index in [1.807, 2.05) is 12.1 Å². The molecule has 1 saturated carbocycles. The number of nitrogens with one attached hydrogen (secondary N) is 2. The Morgan fingerprint density at radius 3 is 2.65 bits per heavy atom. The molecule has 2 heterocycles. The Bertz CT molecular complexity index is 1180. The van der Waals surface area contributed by atoms with Gasteiger partial charge in [0.25, 0.3) is 0 Å². The van der Waals surface area contributed by atoms with Crippen LogP contribution < -0.4 is 16.4 Å². The maximum absolute atomic E-state index is 14.4.